The van der Waals surface area contributed by atoms with E-state index in [0.717, 1.165) is 11.1 Å². The lowest BCUT2D eigenvalue weighted by atomic mass is 9.87. The number of benzene rings is 3. The normalized spacial score (nSPS) is 11.9. The predicted octanol–water partition coefficient (Wildman–Crippen LogP) is 6.87. The Morgan fingerprint density at radius 3 is 1.78 bits per heavy atom. The second kappa shape index (κ2) is 12.0. The van der Waals surface area contributed by atoms with Crippen molar-refractivity contribution < 1.29 is 24.2 Å². The van der Waals surface area contributed by atoms with Gasteiger partial charge in [0.25, 0.3) is 0 Å². The molecule has 196 valence electrons. The van der Waals surface area contributed by atoms with Gasteiger partial charge in [-0.1, -0.05) is 101 Å². The molecule has 0 unspecified atom stereocenters. The second-order valence-electron chi connectivity index (χ2n) is 11.0. The van der Waals surface area contributed by atoms with E-state index < -0.39 is 12.6 Å². The van der Waals surface area contributed by atoms with Crippen LogP contribution in [0.1, 0.15) is 69.4 Å². The van der Waals surface area contributed by atoms with Gasteiger partial charge in [-0.25, -0.2) is 4.79 Å². The van der Waals surface area contributed by atoms with Crippen LogP contribution < -0.4 is 9.47 Å². The van der Waals surface area contributed by atoms with Crippen LogP contribution in [0.15, 0.2) is 71.9 Å². The molecule has 6 heteroatoms. The third-order valence-electron chi connectivity index (χ3n) is 5.88. The van der Waals surface area contributed by atoms with E-state index in [1.54, 1.807) is 0 Å². The fraction of sp³-hybridized carbons (Fsp3) is 0.355. The Bertz CT molecular complexity index is 1200. The Kier molecular flexibility index (Phi) is 8.98. The van der Waals surface area contributed by atoms with Gasteiger partial charge in [0.15, 0.2) is 11.5 Å². The highest BCUT2D eigenvalue weighted by molar-refractivity contribution is 5.84. The van der Waals surface area contributed by atoms with Crippen LogP contribution in [0.5, 0.6) is 11.5 Å². The molecule has 6 nitrogen and oxygen atoms in total. The van der Waals surface area contributed by atoms with Crippen LogP contribution in [0, 0.1) is 0 Å². The summed E-state index contributed by atoms with van der Waals surface area (Å²) < 4.78 is 12.4. The van der Waals surface area contributed by atoms with E-state index in [0.29, 0.717) is 30.3 Å². The summed E-state index contributed by atoms with van der Waals surface area (Å²) in [4.78, 5) is 15.6. The van der Waals surface area contributed by atoms with E-state index in [1.165, 1.54) is 17.3 Å². The fourth-order valence-corrected chi connectivity index (χ4v) is 3.61. The van der Waals surface area contributed by atoms with Crippen LogP contribution in [0.3, 0.4) is 0 Å². The van der Waals surface area contributed by atoms with Gasteiger partial charge in [-0.05, 0) is 45.2 Å². The van der Waals surface area contributed by atoms with Crippen molar-refractivity contribution >= 4 is 12.2 Å². The van der Waals surface area contributed by atoms with Crippen molar-refractivity contribution in [2.75, 3.05) is 6.61 Å². The van der Waals surface area contributed by atoms with Gasteiger partial charge in [0.2, 0.25) is 6.61 Å². The number of para-hydroxylation sites is 1. The average Bonchev–Trinajstić information content (AvgIpc) is 2.84. The monoisotopic (exact) mass is 503 g/mol. The van der Waals surface area contributed by atoms with Crippen LogP contribution in [-0.4, -0.2) is 23.9 Å². The van der Waals surface area contributed by atoms with Crippen molar-refractivity contribution in [1.29, 1.82) is 0 Å². The number of hydrogen-bond donors (Lipinski definition) is 1. The lowest BCUT2D eigenvalue weighted by molar-refractivity contribution is -0.142. The first-order valence-electron chi connectivity index (χ1n) is 12.4. The summed E-state index contributed by atoms with van der Waals surface area (Å²) in [5, 5.41) is 12.6. The summed E-state index contributed by atoms with van der Waals surface area (Å²) in [5.74, 6) is -0.0216. The number of oxime groups is 1. The number of nitrogens with zero attached hydrogens (tertiary/aromatic N) is 1. The third kappa shape index (κ3) is 8.38. The van der Waals surface area contributed by atoms with Gasteiger partial charge in [0, 0.05) is 5.56 Å². The molecule has 0 atom stereocenters. The maximum atomic E-state index is 10.7. The zero-order chi connectivity index (χ0) is 27.1. The molecule has 0 spiro atoms. The number of aliphatic carboxylic acids is 1. The van der Waals surface area contributed by atoms with E-state index in [2.05, 4.69) is 95.2 Å². The van der Waals surface area contributed by atoms with Crippen molar-refractivity contribution in [2.24, 2.45) is 5.16 Å². The van der Waals surface area contributed by atoms with E-state index in [-0.39, 0.29) is 10.8 Å². The van der Waals surface area contributed by atoms with Gasteiger partial charge in [0.1, 0.15) is 13.2 Å². The summed E-state index contributed by atoms with van der Waals surface area (Å²) in [6.45, 7) is 13.3. The number of carboxylic acids is 1. The van der Waals surface area contributed by atoms with Gasteiger partial charge in [-0.3, -0.25) is 0 Å². The lowest BCUT2D eigenvalue weighted by Crippen LogP contribution is -2.11. The molecule has 0 heterocycles. The highest BCUT2D eigenvalue weighted by Gasteiger charge is 2.15. The summed E-state index contributed by atoms with van der Waals surface area (Å²) in [7, 11) is 0. The van der Waals surface area contributed by atoms with Crippen LogP contribution in [-0.2, 0) is 33.7 Å². The molecule has 3 rings (SSSR count). The van der Waals surface area contributed by atoms with Gasteiger partial charge in [-0.15, -0.1) is 0 Å². The summed E-state index contributed by atoms with van der Waals surface area (Å²) in [6, 6.07) is 22.2. The SMILES string of the molecule is CC(C)(C)c1ccc(COc2cccc(C=NOCC(=O)O)c2OCc2ccc(C(C)(C)C)cc2)cc1. The van der Waals surface area contributed by atoms with Crippen molar-refractivity contribution in [2.45, 2.75) is 65.6 Å². The molecule has 37 heavy (non-hydrogen) atoms. The van der Waals surface area contributed by atoms with Crippen LogP contribution >= 0.6 is 0 Å². The molecule has 0 aliphatic rings. The largest absolute Gasteiger partial charge is 0.485 e. The van der Waals surface area contributed by atoms with Crippen LogP contribution in [0.25, 0.3) is 0 Å². The van der Waals surface area contributed by atoms with Gasteiger partial charge < -0.3 is 19.4 Å². The van der Waals surface area contributed by atoms with E-state index >= 15 is 0 Å². The minimum absolute atomic E-state index is 0.0739. The van der Waals surface area contributed by atoms with E-state index in [4.69, 9.17) is 19.4 Å². The number of rotatable bonds is 10. The average molecular weight is 504 g/mol. The zero-order valence-corrected chi connectivity index (χ0v) is 22.6. The smallest absolute Gasteiger partial charge is 0.344 e. The predicted molar refractivity (Wildman–Crippen MR) is 147 cm³/mol. The fourth-order valence-electron chi connectivity index (χ4n) is 3.61. The molecule has 0 saturated carbocycles. The van der Waals surface area contributed by atoms with Gasteiger partial charge in [-0.2, -0.15) is 0 Å². The molecule has 0 aromatic heterocycles. The Morgan fingerprint density at radius 2 is 1.30 bits per heavy atom. The van der Waals surface area contributed by atoms with Crippen molar-refractivity contribution in [3.8, 4) is 11.5 Å². The molecular weight excluding hydrogens is 466 g/mol. The molecule has 0 amide bonds. The molecule has 0 radical (unpaired) electrons. The summed E-state index contributed by atoms with van der Waals surface area (Å²) in [6.07, 6.45) is 1.44. The first-order chi connectivity index (χ1) is 17.4. The van der Waals surface area contributed by atoms with Crippen molar-refractivity contribution in [1.82, 2.24) is 0 Å². The Balaban J connectivity index is 1.80. The molecule has 3 aromatic carbocycles. The summed E-state index contributed by atoms with van der Waals surface area (Å²) in [5.41, 5.74) is 5.36. The highest BCUT2D eigenvalue weighted by atomic mass is 16.6. The Labute approximate surface area is 219 Å². The Hall–Kier alpha value is -3.80. The lowest BCUT2D eigenvalue weighted by Gasteiger charge is -2.20. The van der Waals surface area contributed by atoms with E-state index in [9.17, 15) is 4.79 Å². The van der Waals surface area contributed by atoms with Crippen LogP contribution in [0.2, 0.25) is 0 Å². The standard InChI is InChI=1S/C31H37NO5/c1-30(2,3)25-14-10-22(11-15-25)19-35-27-9-7-8-24(18-32-37-21-28(33)34)29(27)36-20-23-12-16-26(17-13-23)31(4,5)6/h7-18H,19-21H2,1-6H3,(H,33,34). The molecule has 0 aliphatic heterocycles. The van der Waals surface area contributed by atoms with Crippen molar-refractivity contribution in [3.63, 3.8) is 0 Å². The maximum Gasteiger partial charge on any atom is 0.344 e. The highest BCUT2D eigenvalue weighted by Crippen LogP contribution is 2.32. The molecule has 0 bridgehead atoms. The molecule has 1 N–H and O–H groups in total. The number of hydrogen-bond acceptors (Lipinski definition) is 5. The summed E-state index contributed by atoms with van der Waals surface area (Å²) >= 11 is 0. The molecule has 0 aliphatic carbocycles. The number of carbonyl (C=O) groups is 1. The topological polar surface area (TPSA) is 77.4 Å². The Morgan fingerprint density at radius 1 is 0.784 bits per heavy atom. The first-order valence-corrected chi connectivity index (χ1v) is 12.4. The molecule has 0 fully saturated rings. The molecule has 3 aromatic rings. The van der Waals surface area contributed by atoms with E-state index in [1.807, 2.05) is 18.2 Å². The van der Waals surface area contributed by atoms with Crippen molar-refractivity contribution in [3.05, 3.63) is 94.5 Å². The number of carboxylic acid groups (broad SMARTS) is 1. The van der Waals surface area contributed by atoms with Gasteiger partial charge >= 0.3 is 5.97 Å². The van der Waals surface area contributed by atoms with Gasteiger partial charge in [0.05, 0.1) is 6.21 Å². The van der Waals surface area contributed by atoms with Crippen LogP contribution in [0.4, 0.5) is 0 Å². The minimum atomic E-state index is -1.10. The number of ether oxygens (including phenoxy) is 2. The first kappa shape index (κ1) is 27.8. The zero-order valence-electron chi connectivity index (χ0n) is 22.6. The maximum absolute atomic E-state index is 10.7. The second-order valence-corrected chi connectivity index (χ2v) is 11.0. The molecular formula is C31H37NO5. The quantitative estimate of drug-likeness (QED) is 0.241. The third-order valence-corrected chi connectivity index (χ3v) is 5.88. The molecule has 0 saturated heterocycles. The minimum Gasteiger partial charge on any atom is -0.485 e.